The smallest absolute Gasteiger partial charge is 0.225 e. The minimum atomic E-state index is -0.877. The van der Waals surface area contributed by atoms with E-state index in [2.05, 4.69) is 0 Å². The van der Waals surface area contributed by atoms with Gasteiger partial charge in [0.2, 0.25) is 5.91 Å². The molecule has 0 bridgehead atoms. The summed E-state index contributed by atoms with van der Waals surface area (Å²) in [6, 6.07) is 5.89. The summed E-state index contributed by atoms with van der Waals surface area (Å²) in [5.41, 5.74) is 1.40. The Morgan fingerprint density at radius 2 is 2.00 bits per heavy atom. The molecule has 0 heterocycles. The van der Waals surface area contributed by atoms with E-state index in [-0.39, 0.29) is 5.91 Å². The molecule has 0 aliphatic rings. The average Bonchev–Trinajstić information content (AvgIpc) is 2.32. The van der Waals surface area contributed by atoms with Gasteiger partial charge in [-0.2, -0.15) is 0 Å². The fourth-order valence-electron chi connectivity index (χ4n) is 1.99. The van der Waals surface area contributed by atoms with Gasteiger partial charge in [0.15, 0.2) is 0 Å². The van der Waals surface area contributed by atoms with E-state index in [1.807, 2.05) is 32.0 Å². The van der Waals surface area contributed by atoms with Gasteiger partial charge in [0.25, 0.3) is 0 Å². The molecule has 20 heavy (non-hydrogen) atoms. The molecule has 0 fully saturated rings. The van der Waals surface area contributed by atoms with Gasteiger partial charge in [0.05, 0.1) is 18.6 Å². The van der Waals surface area contributed by atoms with Crippen LogP contribution in [-0.4, -0.2) is 41.7 Å². The SMILES string of the molecule is Cc1cccc(OCCC(=O)N(C)CC(C)(C)O)c1C. The Morgan fingerprint density at radius 1 is 1.35 bits per heavy atom. The number of nitrogens with zero attached hydrogens (tertiary/aromatic N) is 1. The van der Waals surface area contributed by atoms with Crippen molar-refractivity contribution in [2.45, 2.75) is 39.7 Å². The molecule has 0 aliphatic carbocycles. The predicted molar refractivity (Wildman–Crippen MR) is 80.0 cm³/mol. The molecule has 0 aromatic heterocycles. The maximum atomic E-state index is 11.9. The minimum Gasteiger partial charge on any atom is -0.493 e. The van der Waals surface area contributed by atoms with Crippen LogP contribution in [0.3, 0.4) is 0 Å². The number of likely N-dealkylation sites (N-methyl/N-ethyl adjacent to an activating group) is 1. The largest absolute Gasteiger partial charge is 0.493 e. The number of carbonyl (C=O) groups excluding carboxylic acids is 1. The molecule has 4 nitrogen and oxygen atoms in total. The summed E-state index contributed by atoms with van der Waals surface area (Å²) >= 11 is 0. The molecule has 0 saturated carbocycles. The highest BCUT2D eigenvalue weighted by atomic mass is 16.5. The maximum Gasteiger partial charge on any atom is 0.225 e. The maximum absolute atomic E-state index is 11.9. The van der Waals surface area contributed by atoms with Crippen molar-refractivity contribution in [2.24, 2.45) is 0 Å². The molecule has 1 rings (SSSR count). The molecule has 0 unspecified atom stereocenters. The molecule has 1 aromatic carbocycles. The number of aryl methyl sites for hydroxylation is 1. The summed E-state index contributed by atoms with van der Waals surface area (Å²) in [7, 11) is 1.69. The number of hydrogen-bond donors (Lipinski definition) is 1. The Kier molecular flexibility index (Phi) is 5.57. The lowest BCUT2D eigenvalue weighted by molar-refractivity contribution is -0.133. The van der Waals surface area contributed by atoms with E-state index in [0.29, 0.717) is 19.6 Å². The quantitative estimate of drug-likeness (QED) is 0.869. The zero-order valence-electron chi connectivity index (χ0n) is 13.1. The van der Waals surface area contributed by atoms with Crippen LogP contribution in [0.25, 0.3) is 0 Å². The van der Waals surface area contributed by atoms with E-state index < -0.39 is 5.60 Å². The molecule has 0 atom stereocenters. The molecule has 0 aliphatic heterocycles. The monoisotopic (exact) mass is 279 g/mol. The molecular formula is C16H25NO3. The van der Waals surface area contributed by atoms with E-state index in [9.17, 15) is 9.90 Å². The van der Waals surface area contributed by atoms with E-state index in [0.717, 1.165) is 11.3 Å². The van der Waals surface area contributed by atoms with Gasteiger partial charge in [0.1, 0.15) is 5.75 Å². The number of ether oxygens (including phenoxy) is 1. The highest BCUT2D eigenvalue weighted by Crippen LogP contribution is 2.20. The van der Waals surface area contributed by atoms with Crippen molar-refractivity contribution in [1.29, 1.82) is 0 Å². The average molecular weight is 279 g/mol. The summed E-state index contributed by atoms with van der Waals surface area (Å²) < 4.78 is 5.66. The summed E-state index contributed by atoms with van der Waals surface area (Å²) in [5.74, 6) is 0.792. The van der Waals surface area contributed by atoms with Crippen LogP contribution < -0.4 is 4.74 Å². The molecule has 1 N–H and O–H groups in total. The lowest BCUT2D eigenvalue weighted by Gasteiger charge is -2.25. The van der Waals surface area contributed by atoms with Crippen LogP contribution in [0, 0.1) is 13.8 Å². The Hall–Kier alpha value is -1.55. The second-order valence-corrected chi connectivity index (χ2v) is 5.86. The zero-order valence-corrected chi connectivity index (χ0v) is 13.1. The molecule has 1 amide bonds. The highest BCUT2D eigenvalue weighted by molar-refractivity contribution is 5.76. The van der Waals surface area contributed by atoms with Gasteiger partial charge in [-0.05, 0) is 44.9 Å². The van der Waals surface area contributed by atoms with Crippen molar-refractivity contribution < 1.29 is 14.6 Å². The zero-order chi connectivity index (χ0) is 15.3. The first kappa shape index (κ1) is 16.5. The predicted octanol–water partition coefficient (Wildman–Crippen LogP) is 2.30. The van der Waals surface area contributed by atoms with Gasteiger partial charge in [0, 0.05) is 13.6 Å². The van der Waals surface area contributed by atoms with E-state index in [1.165, 1.54) is 10.5 Å². The first-order valence-electron chi connectivity index (χ1n) is 6.86. The van der Waals surface area contributed by atoms with Gasteiger partial charge >= 0.3 is 0 Å². The van der Waals surface area contributed by atoms with Gasteiger partial charge in [-0.3, -0.25) is 4.79 Å². The summed E-state index contributed by atoms with van der Waals surface area (Å²) in [6.07, 6.45) is 0.306. The molecule has 4 heteroatoms. The Morgan fingerprint density at radius 3 is 2.60 bits per heavy atom. The summed E-state index contributed by atoms with van der Waals surface area (Å²) in [4.78, 5) is 13.4. The summed E-state index contributed by atoms with van der Waals surface area (Å²) in [6.45, 7) is 8.07. The molecule has 112 valence electrons. The molecule has 0 radical (unpaired) electrons. The van der Waals surface area contributed by atoms with Gasteiger partial charge in [-0.15, -0.1) is 0 Å². The lowest BCUT2D eigenvalue weighted by Crippen LogP contribution is -2.40. The van der Waals surface area contributed by atoms with Crippen molar-refractivity contribution in [1.82, 2.24) is 4.90 Å². The van der Waals surface area contributed by atoms with Crippen molar-refractivity contribution in [3.63, 3.8) is 0 Å². The van der Waals surface area contributed by atoms with E-state index in [1.54, 1.807) is 20.9 Å². The second kappa shape index (κ2) is 6.75. The molecule has 0 saturated heterocycles. The molecule has 1 aromatic rings. The van der Waals surface area contributed by atoms with Gasteiger partial charge in [-0.1, -0.05) is 12.1 Å². The molecular weight excluding hydrogens is 254 g/mol. The van der Waals surface area contributed by atoms with E-state index >= 15 is 0 Å². The fourth-order valence-corrected chi connectivity index (χ4v) is 1.99. The number of benzene rings is 1. The normalized spacial score (nSPS) is 11.3. The van der Waals surface area contributed by atoms with Crippen molar-refractivity contribution in [3.8, 4) is 5.75 Å². The highest BCUT2D eigenvalue weighted by Gasteiger charge is 2.19. The van der Waals surface area contributed by atoms with Crippen LogP contribution in [0.4, 0.5) is 0 Å². The van der Waals surface area contributed by atoms with Gasteiger partial charge < -0.3 is 14.7 Å². The van der Waals surface area contributed by atoms with Crippen LogP contribution in [0.1, 0.15) is 31.4 Å². The first-order chi connectivity index (χ1) is 9.20. The second-order valence-electron chi connectivity index (χ2n) is 5.86. The Labute approximate surface area is 121 Å². The lowest BCUT2D eigenvalue weighted by atomic mass is 10.1. The number of hydrogen-bond acceptors (Lipinski definition) is 3. The molecule has 0 spiro atoms. The van der Waals surface area contributed by atoms with Crippen molar-refractivity contribution >= 4 is 5.91 Å². The first-order valence-corrected chi connectivity index (χ1v) is 6.86. The number of aliphatic hydroxyl groups is 1. The van der Waals surface area contributed by atoms with E-state index in [4.69, 9.17) is 4.74 Å². The Balaban J connectivity index is 2.44. The van der Waals surface area contributed by atoms with Crippen molar-refractivity contribution in [2.75, 3.05) is 20.2 Å². The van der Waals surface area contributed by atoms with Crippen LogP contribution >= 0.6 is 0 Å². The minimum absolute atomic E-state index is 0.0302. The summed E-state index contributed by atoms with van der Waals surface area (Å²) in [5, 5.41) is 9.68. The third kappa shape index (κ3) is 5.21. The third-order valence-corrected chi connectivity index (χ3v) is 3.18. The van der Waals surface area contributed by atoms with Crippen LogP contribution in [-0.2, 0) is 4.79 Å². The van der Waals surface area contributed by atoms with Gasteiger partial charge in [-0.25, -0.2) is 0 Å². The standard InChI is InChI=1S/C16H25NO3/c1-12-7-6-8-14(13(12)2)20-10-9-15(18)17(5)11-16(3,4)19/h6-8,19H,9-11H2,1-5H3. The number of carbonyl (C=O) groups is 1. The number of rotatable bonds is 6. The van der Waals surface area contributed by atoms with Crippen LogP contribution in [0.2, 0.25) is 0 Å². The fraction of sp³-hybridized carbons (Fsp3) is 0.562. The van der Waals surface area contributed by atoms with Crippen LogP contribution in [0.5, 0.6) is 5.75 Å². The Bertz CT molecular complexity index is 463. The third-order valence-electron chi connectivity index (χ3n) is 3.18. The number of amides is 1. The van der Waals surface area contributed by atoms with Crippen molar-refractivity contribution in [3.05, 3.63) is 29.3 Å². The topological polar surface area (TPSA) is 49.8 Å². The van der Waals surface area contributed by atoms with Crippen LogP contribution in [0.15, 0.2) is 18.2 Å².